The third kappa shape index (κ3) is 4.18. The zero-order valence-electron chi connectivity index (χ0n) is 20.2. The summed E-state index contributed by atoms with van der Waals surface area (Å²) in [5, 5.41) is 4.06. The highest BCUT2D eigenvalue weighted by Gasteiger charge is 2.34. The molecule has 0 unspecified atom stereocenters. The fourth-order valence-electron chi connectivity index (χ4n) is 4.86. The van der Waals surface area contributed by atoms with Crippen molar-refractivity contribution in [3.05, 3.63) is 77.1 Å². The summed E-state index contributed by atoms with van der Waals surface area (Å²) in [6, 6.07) is 15.8. The second kappa shape index (κ2) is 9.70. The molecule has 2 aromatic carbocycles. The number of aromatic nitrogens is 2. The van der Waals surface area contributed by atoms with Crippen molar-refractivity contribution in [3.8, 4) is 34.1 Å². The number of benzene rings is 2. The molecule has 0 aliphatic heterocycles. The Labute approximate surface area is 204 Å². The zero-order valence-corrected chi connectivity index (χ0v) is 20.2. The van der Waals surface area contributed by atoms with E-state index in [0.717, 1.165) is 64.3 Å². The molecule has 2 heterocycles. The molecule has 1 aliphatic rings. The Kier molecular flexibility index (Phi) is 6.31. The van der Waals surface area contributed by atoms with Gasteiger partial charge in [-0.05, 0) is 79.3 Å². The van der Waals surface area contributed by atoms with Crippen LogP contribution in [0.15, 0.2) is 59.3 Å². The van der Waals surface area contributed by atoms with E-state index >= 15 is 0 Å². The number of carbonyl (C=O) groups excluding carboxylic acids is 1. The lowest BCUT2D eigenvalue weighted by Gasteiger charge is -2.16. The highest BCUT2D eigenvalue weighted by atomic mass is 16.5. The molecule has 1 aliphatic carbocycles. The van der Waals surface area contributed by atoms with Gasteiger partial charge in [0, 0.05) is 12.1 Å². The van der Waals surface area contributed by atoms with Gasteiger partial charge < -0.3 is 23.3 Å². The van der Waals surface area contributed by atoms with Crippen LogP contribution in [0.5, 0.6) is 11.5 Å². The predicted molar refractivity (Wildman–Crippen MR) is 132 cm³/mol. The summed E-state index contributed by atoms with van der Waals surface area (Å²) in [4.78, 5) is 13.5. The van der Waals surface area contributed by atoms with E-state index in [9.17, 15) is 4.79 Å². The van der Waals surface area contributed by atoms with Crippen molar-refractivity contribution in [2.45, 2.75) is 32.7 Å². The molecule has 0 radical (unpaired) electrons. The van der Waals surface area contributed by atoms with Gasteiger partial charge in [0.2, 0.25) is 0 Å². The van der Waals surface area contributed by atoms with Crippen molar-refractivity contribution in [2.75, 3.05) is 20.8 Å². The number of aryl methyl sites for hydroxylation is 1. The van der Waals surface area contributed by atoms with Crippen LogP contribution in [-0.4, -0.2) is 36.5 Å². The molecule has 5 rings (SSSR count). The van der Waals surface area contributed by atoms with Crippen LogP contribution in [0.3, 0.4) is 0 Å². The minimum Gasteiger partial charge on any atom is -0.497 e. The van der Waals surface area contributed by atoms with Crippen molar-refractivity contribution in [1.82, 2.24) is 9.72 Å². The maximum absolute atomic E-state index is 13.5. The number of hydrogen-bond donors (Lipinski definition) is 0. The van der Waals surface area contributed by atoms with Gasteiger partial charge in [-0.15, -0.1) is 0 Å². The van der Waals surface area contributed by atoms with Gasteiger partial charge in [-0.1, -0.05) is 17.3 Å². The number of rotatable bonds is 7. The van der Waals surface area contributed by atoms with E-state index in [0.29, 0.717) is 18.0 Å². The Morgan fingerprint density at radius 2 is 1.86 bits per heavy atom. The van der Waals surface area contributed by atoms with Crippen LogP contribution >= 0.6 is 0 Å². The summed E-state index contributed by atoms with van der Waals surface area (Å²) < 4.78 is 24.2. The third-order valence-electron chi connectivity index (χ3n) is 6.42. The minimum absolute atomic E-state index is 0.277. The maximum Gasteiger partial charge on any atom is 0.355 e. The van der Waals surface area contributed by atoms with Crippen molar-refractivity contribution in [1.29, 1.82) is 0 Å². The van der Waals surface area contributed by atoms with Crippen LogP contribution in [0, 0.1) is 0 Å². The fraction of sp³-hybridized carbons (Fsp3) is 0.286. The molecule has 35 heavy (non-hydrogen) atoms. The molecule has 0 bridgehead atoms. The Hall–Kier alpha value is -4.00. The van der Waals surface area contributed by atoms with Gasteiger partial charge >= 0.3 is 5.97 Å². The van der Waals surface area contributed by atoms with E-state index in [2.05, 4.69) is 9.72 Å². The quantitative estimate of drug-likeness (QED) is 0.329. The first-order valence-corrected chi connectivity index (χ1v) is 11.8. The summed E-state index contributed by atoms with van der Waals surface area (Å²) in [7, 11) is 3.30. The predicted octanol–water partition coefficient (Wildman–Crippen LogP) is 5.54. The third-order valence-corrected chi connectivity index (χ3v) is 6.42. The van der Waals surface area contributed by atoms with Gasteiger partial charge in [-0.25, -0.2) is 4.79 Å². The van der Waals surface area contributed by atoms with Crippen molar-refractivity contribution < 1.29 is 23.5 Å². The lowest BCUT2D eigenvalue weighted by molar-refractivity contribution is 0.0515. The van der Waals surface area contributed by atoms with Crippen LogP contribution < -0.4 is 9.47 Å². The summed E-state index contributed by atoms with van der Waals surface area (Å²) in [6.07, 6.45) is 4.33. The first-order valence-electron chi connectivity index (χ1n) is 11.8. The van der Waals surface area contributed by atoms with Crippen molar-refractivity contribution >= 4 is 5.97 Å². The molecule has 7 heteroatoms. The number of nitrogens with zero attached hydrogens (tertiary/aromatic N) is 2. The summed E-state index contributed by atoms with van der Waals surface area (Å²) in [6.45, 7) is 2.55. The lowest BCUT2D eigenvalue weighted by Crippen LogP contribution is -2.15. The van der Waals surface area contributed by atoms with Crippen molar-refractivity contribution in [2.24, 2.45) is 0 Å². The molecular weight excluding hydrogens is 444 g/mol. The fourth-order valence-corrected chi connectivity index (χ4v) is 4.86. The molecule has 7 nitrogen and oxygen atoms in total. The number of fused-ring (bicyclic) bond motifs is 3. The molecule has 0 saturated heterocycles. The van der Waals surface area contributed by atoms with Crippen LogP contribution in [0.25, 0.3) is 22.6 Å². The number of hydrogen-bond acceptors (Lipinski definition) is 6. The Morgan fingerprint density at radius 3 is 2.60 bits per heavy atom. The van der Waals surface area contributed by atoms with Crippen LogP contribution in [0.2, 0.25) is 0 Å². The molecule has 0 amide bonds. The second-order valence-corrected chi connectivity index (χ2v) is 8.47. The van der Waals surface area contributed by atoms with E-state index in [4.69, 9.17) is 18.7 Å². The monoisotopic (exact) mass is 472 g/mol. The number of ether oxygens (including phenoxy) is 3. The van der Waals surface area contributed by atoms with Gasteiger partial charge in [-0.3, -0.25) is 0 Å². The second-order valence-electron chi connectivity index (χ2n) is 8.47. The van der Waals surface area contributed by atoms with Gasteiger partial charge in [0.05, 0.1) is 38.3 Å². The topological polar surface area (TPSA) is 75.7 Å². The highest BCUT2D eigenvalue weighted by Crippen LogP contribution is 2.43. The van der Waals surface area contributed by atoms with E-state index < -0.39 is 0 Å². The lowest BCUT2D eigenvalue weighted by atomic mass is 10.00. The Morgan fingerprint density at radius 1 is 1.06 bits per heavy atom. The minimum atomic E-state index is -0.379. The zero-order chi connectivity index (χ0) is 24.4. The molecule has 0 N–H and O–H groups in total. The van der Waals surface area contributed by atoms with Gasteiger partial charge in [-0.2, -0.15) is 0 Å². The smallest absolute Gasteiger partial charge is 0.355 e. The number of carbonyl (C=O) groups is 1. The van der Waals surface area contributed by atoms with Gasteiger partial charge in [0.15, 0.2) is 5.76 Å². The molecule has 0 spiro atoms. The molecular formula is C28H28N2O5. The summed E-state index contributed by atoms with van der Waals surface area (Å²) in [5.41, 5.74) is 6.30. The van der Waals surface area contributed by atoms with Crippen LogP contribution in [0.4, 0.5) is 0 Å². The average molecular weight is 473 g/mol. The van der Waals surface area contributed by atoms with E-state index in [1.807, 2.05) is 55.5 Å². The molecule has 180 valence electrons. The average Bonchev–Trinajstić information content (AvgIpc) is 3.42. The van der Waals surface area contributed by atoms with E-state index in [-0.39, 0.29) is 12.6 Å². The molecule has 2 aromatic heterocycles. The van der Waals surface area contributed by atoms with E-state index in [1.165, 1.54) is 0 Å². The molecule has 0 saturated carbocycles. The first kappa shape index (κ1) is 22.8. The SMILES string of the molecule is CCOC(=O)c1c2c(c(-c3ccc(OC)cc3)n1Cc1cccc(OC)c1)CCCc1cnoc1-2. The van der Waals surface area contributed by atoms with Gasteiger partial charge in [0.1, 0.15) is 17.2 Å². The molecule has 4 aromatic rings. The molecule has 0 fully saturated rings. The first-order chi connectivity index (χ1) is 17.1. The normalized spacial score (nSPS) is 12.4. The van der Waals surface area contributed by atoms with Crippen molar-refractivity contribution in [3.63, 3.8) is 0 Å². The largest absolute Gasteiger partial charge is 0.497 e. The van der Waals surface area contributed by atoms with E-state index in [1.54, 1.807) is 20.4 Å². The summed E-state index contributed by atoms with van der Waals surface area (Å²) in [5.74, 6) is 1.81. The summed E-state index contributed by atoms with van der Waals surface area (Å²) >= 11 is 0. The molecule has 0 atom stereocenters. The standard InChI is InChI=1S/C28H28N2O5/c1-4-34-28(31)26-24-23(10-6-8-20-16-29-35-27(20)24)25(19-11-13-21(32-2)14-12-19)30(26)17-18-7-5-9-22(15-18)33-3/h5,7,9,11-16H,4,6,8,10,17H2,1-3H3. The number of methoxy groups -OCH3 is 2. The highest BCUT2D eigenvalue weighted by molar-refractivity contribution is 5.99. The number of esters is 1. The Balaban J connectivity index is 1.80. The Bertz CT molecular complexity index is 1350. The maximum atomic E-state index is 13.5. The van der Waals surface area contributed by atoms with Gasteiger partial charge in [0.25, 0.3) is 0 Å². The van der Waals surface area contributed by atoms with Crippen LogP contribution in [-0.2, 0) is 24.1 Å². The van der Waals surface area contributed by atoms with Crippen LogP contribution in [0.1, 0.15) is 40.5 Å².